The number of anilines is 1. The van der Waals surface area contributed by atoms with E-state index in [0.29, 0.717) is 18.9 Å². The third kappa shape index (κ3) is 5.04. The molecule has 2 amide bonds. The van der Waals surface area contributed by atoms with Gasteiger partial charge in [0.1, 0.15) is 18.2 Å². The van der Waals surface area contributed by atoms with Crippen LogP contribution in [0.4, 0.5) is 14.9 Å². The van der Waals surface area contributed by atoms with E-state index >= 15 is 0 Å². The number of amides is 2. The molecule has 0 saturated carbocycles. The average molecular weight is 367 g/mol. The lowest BCUT2D eigenvalue weighted by molar-refractivity contribution is 0.247. The fraction of sp³-hybridized carbons (Fsp3) is 0.188. The molecule has 0 radical (unpaired) electrons. The van der Waals surface area contributed by atoms with Crippen LogP contribution in [0.3, 0.4) is 0 Å². The van der Waals surface area contributed by atoms with Gasteiger partial charge in [0.15, 0.2) is 0 Å². The molecule has 0 atom stereocenters. The van der Waals surface area contributed by atoms with Gasteiger partial charge < -0.3 is 15.4 Å². The smallest absolute Gasteiger partial charge is 0.319 e. The number of hydrogen-bond donors (Lipinski definition) is 2. The molecule has 0 spiro atoms. The lowest BCUT2D eigenvalue weighted by atomic mass is 10.2. The summed E-state index contributed by atoms with van der Waals surface area (Å²) in [5, 5.41) is 5.43. The van der Waals surface area contributed by atoms with E-state index in [2.05, 4.69) is 26.6 Å². The number of ether oxygens (including phenoxy) is 1. The van der Waals surface area contributed by atoms with Gasteiger partial charge in [0, 0.05) is 10.2 Å². The van der Waals surface area contributed by atoms with Crippen LogP contribution in [0.15, 0.2) is 46.9 Å². The van der Waals surface area contributed by atoms with E-state index in [9.17, 15) is 9.18 Å². The Morgan fingerprint density at radius 3 is 2.64 bits per heavy atom. The molecule has 0 fully saturated rings. The first-order valence-electron chi connectivity index (χ1n) is 6.74. The molecule has 2 N–H and O–H groups in total. The summed E-state index contributed by atoms with van der Waals surface area (Å²) in [5.74, 6) is 0.252. The Balaban J connectivity index is 1.71. The van der Waals surface area contributed by atoms with Gasteiger partial charge in [-0.2, -0.15) is 0 Å². The number of carbonyl (C=O) groups is 1. The van der Waals surface area contributed by atoms with Crippen molar-refractivity contribution in [2.75, 3.05) is 18.5 Å². The van der Waals surface area contributed by atoms with Crippen molar-refractivity contribution < 1.29 is 13.9 Å². The molecular weight excluding hydrogens is 351 g/mol. The Labute approximate surface area is 136 Å². The maximum Gasteiger partial charge on any atom is 0.319 e. The van der Waals surface area contributed by atoms with Gasteiger partial charge in [-0.15, -0.1) is 0 Å². The first kappa shape index (κ1) is 16.3. The minimum Gasteiger partial charge on any atom is -0.492 e. The highest BCUT2D eigenvalue weighted by Crippen LogP contribution is 2.19. The average Bonchev–Trinajstić information content (AvgIpc) is 2.49. The van der Waals surface area contributed by atoms with Gasteiger partial charge >= 0.3 is 6.03 Å². The van der Waals surface area contributed by atoms with E-state index < -0.39 is 0 Å². The molecule has 2 rings (SSSR count). The van der Waals surface area contributed by atoms with Crippen molar-refractivity contribution in [1.29, 1.82) is 0 Å². The predicted molar refractivity (Wildman–Crippen MR) is 87.8 cm³/mol. The summed E-state index contributed by atoms with van der Waals surface area (Å²) in [6, 6.07) is 11.0. The molecule has 0 bridgehead atoms. The zero-order valence-corrected chi connectivity index (χ0v) is 13.6. The second-order valence-electron chi connectivity index (χ2n) is 4.65. The minimum atomic E-state index is -0.311. The number of urea groups is 1. The zero-order chi connectivity index (χ0) is 15.9. The van der Waals surface area contributed by atoms with Crippen LogP contribution in [-0.4, -0.2) is 19.2 Å². The molecule has 4 nitrogen and oxygen atoms in total. The maximum absolute atomic E-state index is 12.7. The highest BCUT2D eigenvalue weighted by Gasteiger charge is 2.03. The van der Waals surface area contributed by atoms with Crippen LogP contribution in [0.25, 0.3) is 0 Å². The summed E-state index contributed by atoms with van der Waals surface area (Å²) in [6.07, 6.45) is 0. The van der Waals surface area contributed by atoms with Gasteiger partial charge in [-0.05, 0) is 55.0 Å². The molecular formula is C16H16BrFN2O2. The largest absolute Gasteiger partial charge is 0.492 e. The quantitative estimate of drug-likeness (QED) is 0.782. The monoisotopic (exact) mass is 366 g/mol. The fourth-order valence-corrected chi connectivity index (χ4v) is 2.01. The van der Waals surface area contributed by atoms with Crippen LogP contribution in [0, 0.1) is 12.7 Å². The molecule has 0 aliphatic carbocycles. The lowest BCUT2D eigenvalue weighted by Crippen LogP contribution is -2.32. The van der Waals surface area contributed by atoms with E-state index in [-0.39, 0.29) is 11.8 Å². The molecule has 0 aliphatic rings. The number of nitrogens with one attached hydrogen (secondary N) is 2. The molecule has 6 heteroatoms. The van der Waals surface area contributed by atoms with Gasteiger partial charge in [0.25, 0.3) is 0 Å². The molecule has 2 aromatic rings. The Kier molecular flexibility index (Phi) is 5.77. The summed E-state index contributed by atoms with van der Waals surface area (Å²) in [7, 11) is 0. The first-order valence-corrected chi connectivity index (χ1v) is 7.53. The van der Waals surface area contributed by atoms with Crippen LogP contribution in [0.2, 0.25) is 0 Å². The Morgan fingerprint density at radius 1 is 1.23 bits per heavy atom. The molecule has 2 aromatic carbocycles. The van der Waals surface area contributed by atoms with Crippen molar-refractivity contribution in [3.8, 4) is 5.75 Å². The highest BCUT2D eigenvalue weighted by atomic mass is 79.9. The van der Waals surface area contributed by atoms with E-state index in [1.165, 1.54) is 12.1 Å². The summed E-state index contributed by atoms with van der Waals surface area (Å²) in [5.41, 5.74) is 1.76. The third-order valence-corrected chi connectivity index (χ3v) is 3.78. The first-order chi connectivity index (χ1) is 10.5. The summed E-state index contributed by atoms with van der Waals surface area (Å²) < 4.78 is 19.1. The standard InChI is InChI=1S/C16H16BrFN2O2/c1-11-10-13(4-7-15(11)17)20-16(21)19-8-9-22-14-5-2-12(18)3-6-14/h2-7,10H,8-9H2,1H3,(H2,19,20,21). The van der Waals surface area contributed by atoms with Gasteiger partial charge in [0.2, 0.25) is 0 Å². The van der Waals surface area contributed by atoms with Gasteiger partial charge in [-0.25, -0.2) is 9.18 Å². The number of rotatable bonds is 5. The van der Waals surface area contributed by atoms with Crippen molar-refractivity contribution in [2.24, 2.45) is 0 Å². The number of benzene rings is 2. The molecule has 0 heterocycles. The number of hydrogen-bond acceptors (Lipinski definition) is 2. The molecule has 116 valence electrons. The van der Waals surface area contributed by atoms with Crippen LogP contribution < -0.4 is 15.4 Å². The Bertz CT molecular complexity index is 647. The summed E-state index contributed by atoms with van der Waals surface area (Å²) >= 11 is 3.41. The molecule has 22 heavy (non-hydrogen) atoms. The topological polar surface area (TPSA) is 50.4 Å². The van der Waals surface area contributed by atoms with E-state index in [1.807, 2.05) is 25.1 Å². The third-order valence-electron chi connectivity index (χ3n) is 2.89. The van der Waals surface area contributed by atoms with Crippen LogP contribution >= 0.6 is 15.9 Å². The number of halogens is 2. The zero-order valence-electron chi connectivity index (χ0n) is 12.0. The molecule has 0 unspecified atom stereocenters. The van der Waals surface area contributed by atoms with Gasteiger partial charge in [-0.3, -0.25) is 0 Å². The van der Waals surface area contributed by atoms with E-state index in [4.69, 9.17) is 4.74 Å². The van der Waals surface area contributed by atoms with Crippen molar-refractivity contribution in [3.05, 3.63) is 58.3 Å². The fourth-order valence-electron chi connectivity index (χ4n) is 1.76. The van der Waals surface area contributed by atoms with Crippen molar-refractivity contribution in [3.63, 3.8) is 0 Å². The summed E-state index contributed by atoms with van der Waals surface area (Å²) in [4.78, 5) is 11.7. The van der Waals surface area contributed by atoms with E-state index in [0.717, 1.165) is 15.7 Å². The van der Waals surface area contributed by atoms with E-state index in [1.54, 1.807) is 12.1 Å². The molecule has 0 aromatic heterocycles. The highest BCUT2D eigenvalue weighted by molar-refractivity contribution is 9.10. The lowest BCUT2D eigenvalue weighted by Gasteiger charge is -2.10. The predicted octanol–water partition coefficient (Wildman–Crippen LogP) is 4.10. The van der Waals surface area contributed by atoms with Gasteiger partial charge in [-0.1, -0.05) is 15.9 Å². The van der Waals surface area contributed by atoms with Crippen molar-refractivity contribution in [1.82, 2.24) is 5.32 Å². The summed E-state index contributed by atoms with van der Waals surface area (Å²) in [6.45, 7) is 2.60. The van der Waals surface area contributed by atoms with Gasteiger partial charge in [0.05, 0.1) is 6.54 Å². The SMILES string of the molecule is Cc1cc(NC(=O)NCCOc2ccc(F)cc2)ccc1Br. The Morgan fingerprint density at radius 2 is 1.95 bits per heavy atom. The Hall–Kier alpha value is -2.08. The van der Waals surface area contributed by atoms with Crippen molar-refractivity contribution >= 4 is 27.6 Å². The number of aryl methyl sites for hydroxylation is 1. The van der Waals surface area contributed by atoms with Crippen LogP contribution in [0.5, 0.6) is 5.75 Å². The molecule has 0 aliphatic heterocycles. The number of carbonyl (C=O) groups excluding carboxylic acids is 1. The van der Waals surface area contributed by atoms with Crippen LogP contribution in [0.1, 0.15) is 5.56 Å². The van der Waals surface area contributed by atoms with Crippen molar-refractivity contribution in [2.45, 2.75) is 6.92 Å². The second kappa shape index (κ2) is 7.79. The second-order valence-corrected chi connectivity index (χ2v) is 5.50. The normalized spacial score (nSPS) is 10.1. The maximum atomic E-state index is 12.7. The molecule has 0 saturated heterocycles. The minimum absolute atomic E-state index is 0.301. The van der Waals surface area contributed by atoms with Crippen LogP contribution in [-0.2, 0) is 0 Å².